The van der Waals surface area contributed by atoms with Crippen molar-refractivity contribution < 1.29 is 19.4 Å². The summed E-state index contributed by atoms with van der Waals surface area (Å²) in [6.07, 6.45) is 1.33. The molecule has 0 bridgehead atoms. The van der Waals surface area contributed by atoms with Gasteiger partial charge < -0.3 is 19.5 Å². The fourth-order valence-corrected chi connectivity index (χ4v) is 1.72. The average molecular weight is 249 g/mol. The normalized spacial score (nSPS) is 14.2. The summed E-state index contributed by atoms with van der Waals surface area (Å²) in [7, 11) is 0. The fraction of sp³-hybridized carbons (Fsp3) is 0.308. The van der Waals surface area contributed by atoms with Crippen LogP contribution in [0.4, 0.5) is 5.69 Å². The number of likely N-dealkylation sites (N-methyl/N-ethyl adjacent to an activating group) is 1. The molecule has 0 aliphatic carbocycles. The monoisotopic (exact) mass is 249 g/mol. The smallest absolute Gasteiger partial charge is 0.296 e. The molecule has 0 saturated heterocycles. The number of benzene rings is 1. The van der Waals surface area contributed by atoms with Crippen molar-refractivity contribution in [2.75, 3.05) is 24.7 Å². The van der Waals surface area contributed by atoms with Crippen LogP contribution in [0.1, 0.15) is 6.92 Å². The molecule has 0 aromatic heterocycles. The molecule has 0 fully saturated rings. The number of hydrogen-bond donors (Lipinski definition) is 1. The maximum atomic E-state index is 12.2. The molecule has 18 heavy (non-hydrogen) atoms. The molecule has 0 atom stereocenters. The molecule has 1 N–H and O–H groups in total. The molecule has 96 valence electrons. The molecule has 1 amide bonds. The Morgan fingerprint density at radius 2 is 2.28 bits per heavy atom. The summed E-state index contributed by atoms with van der Waals surface area (Å²) in [5.41, 5.74) is 0.623. The number of nitrogens with zero attached hydrogens (tertiary/aromatic N) is 1. The zero-order valence-corrected chi connectivity index (χ0v) is 10.1. The third kappa shape index (κ3) is 2.56. The van der Waals surface area contributed by atoms with Gasteiger partial charge in [-0.2, -0.15) is 0 Å². The second kappa shape index (κ2) is 5.44. The Kier molecular flexibility index (Phi) is 3.72. The average Bonchev–Trinajstić information content (AvgIpc) is 2.40. The summed E-state index contributed by atoms with van der Waals surface area (Å²) in [4.78, 5) is 13.7. The lowest BCUT2D eigenvalue weighted by atomic mass is 10.2. The van der Waals surface area contributed by atoms with Crippen molar-refractivity contribution in [3.05, 3.63) is 36.3 Å². The number of anilines is 1. The molecule has 1 aromatic carbocycles. The minimum absolute atomic E-state index is 0.119. The van der Waals surface area contributed by atoms with Crippen LogP contribution in [0, 0.1) is 0 Å². The number of hydrogen-bond acceptors (Lipinski definition) is 4. The number of carbonyl (C=O) groups excluding carboxylic acids is 1. The number of aromatic hydroxyl groups is 1. The zero-order chi connectivity index (χ0) is 13.0. The number of phenolic OH excluding ortho intramolecular Hbond substituents is 1. The van der Waals surface area contributed by atoms with Crippen molar-refractivity contribution in [2.24, 2.45) is 0 Å². The topological polar surface area (TPSA) is 59.0 Å². The molecule has 0 saturated carbocycles. The quantitative estimate of drug-likeness (QED) is 0.884. The molecule has 0 radical (unpaired) electrons. The highest BCUT2D eigenvalue weighted by Crippen LogP contribution is 2.22. The first-order valence-electron chi connectivity index (χ1n) is 5.78. The molecule has 1 aromatic rings. The maximum absolute atomic E-state index is 12.2. The van der Waals surface area contributed by atoms with Gasteiger partial charge in [0.1, 0.15) is 25.2 Å². The Morgan fingerprint density at radius 1 is 1.44 bits per heavy atom. The summed E-state index contributed by atoms with van der Waals surface area (Å²) in [5.74, 6) is 0.0304. The third-order valence-electron chi connectivity index (χ3n) is 2.56. The van der Waals surface area contributed by atoms with Crippen LogP contribution in [-0.2, 0) is 14.3 Å². The highest BCUT2D eigenvalue weighted by molar-refractivity contribution is 6.04. The van der Waals surface area contributed by atoms with Crippen LogP contribution in [0.25, 0.3) is 0 Å². The van der Waals surface area contributed by atoms with E-state index in [-0.39, 0.29) is 17.4 Å². The van der Waals surface area contributed by atoms with Gasteiger partial charge in [0.15, 0.2) is 0 Å². The zero-order valence-electron chi connectivity index (χ0n) is 10.1. The highest BCUT2D eigenvalue weighted by Gasteiger charge is 2.22. The lowest BCUT2D eigenvalue weighted by Gasteiger charge is -2.23. The van der Waals surface area contributed by atoms with E-state index in [9.17, 15) is 9.90 Å². The molecule has 2 rings (SSSR count). The Hall–Kier alpha value is -2.17. The maximum Gasteiger partial charge on any atom is 0.296 e. The molecule has 1 aliphatic rings. The molecule has 1 heterocycles. The van der Waals surface area contributed by atoms with E-state index in [0.29, 0.717) is 25.4 Å². The number of ether oxygens (including phenoxy) is 2. The number of phenols is 1. The summed E-state index contributed by atoms with van der Waals surface area (Å²) in [5, 5.41) is 9.44. The van der Waals surface area contributed by atoms with Crippen molar-refractivity contribution in [1.82, 2.24) is 0 Å². The van der Waals surface area contributed by atoms with Crippen LogP contribution in [0.3, 0.4) is 0 Å². The minimum Gasteiger partial charge on any atom is -0.508 e. The SMILES string of the molecule is CCN(C(=O)C1=COCCO1)c1cccc(O)c1. The molecular formula is C13H15NO4. The van der Waals surface area contributed by atoms with Crippen LogP contribution < -0.4 is 4.90 Å². The second-order valence-electron chi connectivity index (χ2n) is 3.77. The lowest BCUT2D eigenvalue weighted by Crippen LogP contribution is -2.34. The van der Waals surface area contributed by atoms with Crippen LogP contribution in [0.5, 0.6) is 5.75 Å². The lowest BCUT2D eigenvalue weighted by molar-refractivity contribution is -0.119. The number of rotatable bonds is 3. The van der Waals surface area contributed by atoms with Gasteiger partial charge in [-0.05, 0) is 19.1 Å². The molecular weight excluding hydrogens is 234 g/mol. The van der Waals surface area contributed by atoms with Gasteiger partial charge in [-0.15, -0.1) is 0 Å². The van der Waals surface area contributed by atoms with Crippen LogP contribution in [0.15, 0.2) is 36.3 Å². The summed E-state index contributed by atoms with van der Waals surface area (Å²) in [6.45, 7) is 3.15. The number of carbonyl (C=O) groups is 1. The van der Waals surface area contributed by atoms with E-state index in [1.54, 1.807) is 18.2 Å². The molecule has 0 unspecified atom stereocenters. The minimum atomic E-state index is -0.275. The predicted octanol–water partition coefficient (Wildman–Crippen LogP) is 1.63. The van der Waals surface area contributed by atoms with Crippen LogP contribution >= 0.6 is 0 Å². The van der Waals surface area contributed by atoms with Gasteiger partial charge in [0, 0.05) is 18.3 Å². The van der Waals surface area contributed by atoms with Gasteiger partial charge in [-0.1, -0.05) is 6.07 Å². The van der Waals surface area contributed by atoms with Crippen molar-refractivity contribution >= 4 is 11.6 Å². The van der Waals surface area contributed by atoms with E-state index in [0.717, 1.165) is 0 Å². The van der Waals surface area contributed by atoms with E-state index in [1.807, 2.05) is 6.92 Å². The van der Waals surface area contributed by atoms with Gasteiger partial charge in [0.05, 0.1) is 0 Å². The Bertz CT molecular complexity index is 470. The van der Waals surface area contributed by atoms with Gasteiger partial charge in [0.25, 0.3) is 5.91 Å². The number of amides is 1. The second-order valence-corrected chi connectivity index (χ2v) is 3.77. The summed E-state index contributed by atoms with van der Waals surface area (Å²) in [6, 6.07) is 6.53. The molecule has 1 aliphatic heterocycles. The predicted molar refractivity (Wildman–Crippen MR) is 66.1 cm³/mol. The Labute approximate surface area is 105 Å². The first kappa shape index (κ1) is 12.3. The van der Waals surface area contributed by atoms with E-state index < -0.39 is 0 Å². The van der Waals surface area contributed by atoms with Crippen LogP contribution in [-0.4, -0.2) is 30.8 Å². The Morgan fingerprint density at radius 3 is 2.89 bits per heavy atom. The first-order valence-corrected chi connectivity index (χ1v) is 5.78. The molecule has 0 spiro atoms. The van der Waals surface area contributed by atoms with E-state index in [2.05, 4.69) is 0 Å². The van der Waals surface area contributed by atoms with Crippen molar-refractivity contribution in [3.63, 3.8) is 0 Å². The van der Waals surface area contributed by atoms with Crippen molar-refractivity contribution in [1.29, 1.82) is 0 Å². The first-order chi connectivity index (χ1) is 8.72. The van der Waals surface area contributed by atoms with Crippen molar-refractivity contribution in [3.8, 4) is 5.75 Å². The summed E-state index contributed by atoms with van der Waals surface area (Å²) >= 11 is 0. The molecule has 5 heteroatoms. The van der Waals surface area contributed by atoms with Gasteiger partial charge in [-0.3, -0.25) is 4.79 Å². The summed E-state index contributed by atoms with van der Waals surface area (Å²) < 4.78 is 10.3. The van der Waals surface area contributed by atoms with E-state index >= 15 is 0 Å². The fourth-order valence-electron chi connectivity index (χ4n) is 1.72. The van der Waals surface area contributed by atoms with Gasteiger partial charge in [0.2, 0.25) is 5.76 Å². The molecule has 5 nitrogen and oxygen atoms in total. The highest BCUT2D eigenvalue weighted by atomic mass is 16.6. The standard InChI is InChI=1S/C13H15NO4/c1-2-14(10-4-3-5-11(15)8-10)13(16)12-9-17-6-7-18-12/h3-5,8-9,15H,2,6-7H2,1H3. The van der Waals surface area contributed by atoms with Crippen molar-refractivity contribution in [2.45, 2.75) is 6.92 Å². The Balaban J connectivity index is 2.23. The van der Waals surface area contributed by atoms with E-state index in [4.69, 9.17) is 9.47 Å². The van der Waals surface area contributed by atoms with Gasteiger partial charge in [-0.25, -0.2) is 0 Å². The third-order valence-corrected chi connectivity index (χ3v) is 2.56. The largest absolute Gasteiger partial charge is 0.508 e. The van der Waals surface area contributed by atoms with Crippen LogP contribution in [0.2, 0.25) is 0 Å². The van der Waals surface area contributed by atoms with E-state index in [1.165, 1.54) is 17.2 Å². The van der Waals surface area contributed by atoms with Gasteiger partial charge >= 0.3 is 0 Å².